The second kappa shape index (κ2) is 13.3. The van der Waals surface area contributed by atoms with E-state index in [9.17, 15) is 32.7 Å². The van der Waals surface area contributed by atoms with Crippen molar-refractivity contribution in [3.8, 4) is 5.75 Å². The first-order chi connectivity index (χ1) is 27.2. The number of hydrazine groups is 1. The monoisotopic (exact) mass is 830 g/mol. The Labute approximate surface area is 337 Å². The maximum atomic E-state index is 15.5. The number of pyridine rings is 1. The van der Waals surface area contributed by atoms with E-state index < -0.39 is 75.4 Å². The van der Waals surface area contributed by atoms with Crippen molar-refractivity contribution >= 4 is 80.7 Å². The fourth-order valence-corrected chi connectivity index (χ4v) is 9.94. The molecule has 2 aliphatic carbocycles. The number of nitrogens with zero attached hydrogens (tertiary/aromatic N) is 3. The van der Waals surface area contributed by atoms with Crippen LogP contribution in [-0.2, 0) is 30.8 Å². The molecule has 288 valence electrons. The number of anilines is 2. The number of phenolic OH excluding ortho intramolecular Hbond substituents is 1. The summed E-state index contributed by atoms with van der Waals surface area (Å²) in [4.78, 5) is 64.0. The Balaban J connectivity index is 1.25. The molecule has 0 bridgehead atoms. The largest absolute Gasteiger partial charge is 0.507 e. The molecule has 1 saturated carbocycles. The molecular formula is C42H28Cl3F3N4O5. The van der Waals surface area contributed by atoms with Gasteiger partial charge >= 0.3 is 6.18 Å². The minimum Gasteiger partial charge on any atom is -0.507 e. The van der Waals surface area contributed by atoms with Crippen molar-refractivity contribution in [2.24, 2.45) is 23.7 Å². The molecule has 2 aliphatic heterocycles. The van der Waals surface area contributed by atoms with Gasteiger partial charge in [0.1, 0.15) is 5.75 Å². The smallest absolute Gasteiger partial charge is 0.417 e. The van der Waals surface area contributed by atoms with Gasteiger partial charge in [0.25, 0.3) is 11.8 Å². The number of nitrogens with one attached hydrogen (secondary N) is 1. The zero-order valence-corrected chi connectivity index (χ0v) is 31.6. The predicted molar refractivity (Wildman–Crippen MR) is 206 cm³/mol. The minimum atomic E-state index is -4.76. The zero-order valence-electron chi connectivity index (χ0n) is 29.3. The Bertz CT molecular complexity index is 2590. The number of hydrogen-bond acceptors (Lipinski definition) is 7. The topological polar surface area (TPSA) is 120 Å². The van der Waals surface area contributed by atoms with Crippen LogP contribution in [0.15, 0.2) is 109 Å². The fraction of sp³-hybridized carbons (Fsp3) is 0.214. The van der Waals surface area contributed by atoms with E-state index in [0.717, 1.165) is 4.90 Å². The molecule has 15 heteroatoms. The van der Waals surface area contributed by atoms with Gasteiger partial charge in [-0.05, 0) is 72.2 Å². The Morgan fingerprint density at radius 1 is 0.825 bits per heavy atom. The fourth-order valence-electron chi connectivity index (χ4n) is 9.48. The number of aromatic nitrogens is 1. The number of benzene rings is 4. The number of alkyl halides is 3. The Morgan fingerprint density at radius 3 is 2.19 bits per heavy atom. The van der Waals surface area contributed by atoms with Gasteiger partial charge in [-0.15, -0.1) is 0 Å². The lowest BCUT2D eigenvalue weighted by molar-refractivity contribution is -0.139. The first-order valence-electron chi connectivity index (χ1n) is 17.9. The van der Waals surface area contributed by atoms with Crippen molar-refractivity contribution in [1.82, 2.24) is 9.99 Å². The first-order valence-corrected chi connectivity index (χ1v) is 19.0. The molecular weight excluding hydrogens is 804 g/mol. The van der Waals surface area contributed by atoms with Crippen LogP contribution in [0.3, 0.4) is 0 Å². The number of fused-ring (bicyclic) bond motifs is 5. The number of halogens is 6. The zero-order chi connectivity index (χ0) is 40.1. The van der Waals surface area contributed by atoms with Crippen LogP contribution in [-0.4, -0.2) is 38.7 Å². The molecule has 4 aromatic carbocycles. The van der Waals surface area contributed by atoms with Gasteiger partial charge in [-0.1, -0.05) is 95.0 Å². The standard InChI is InChI=1S/C42H28Cl3F3N4O5/c43-23-8-6-21(7-9-23)41-31(38(55)52(40(41)57)50-36-32(45)17-22(19-49-36)42(46,47)48)18-30-27(34(41)29-14-5-20-3-1-2-4-26(20)35(29)53)15-16-28-33(30)39(56)51(37(28)54)25-12-10-24(44)11-13-25/h1-15,17,19,28,30-31,33-34,53H,16,18H2,(H,49,50). The van der Waals surface area contributed by atoms with Gasteiger partial charge in [0.15, 0.2) is 5.82 Å². The van der Waals surface area contributed by atoms with E-state index in [-0.39, 0.29) is 24.4 Å². The molecule has 3 fully saturated rings. The highest BCUT2D eigenvalue weighted by molar-refractivity contribution is 6.33. The van der Waals surface area contributed by atoms with Crippen LogP contribution in [0.4, 0.5) is 24.7 Å². The van der Waals surface area contributed by atoms with Gasteiger partial charge in [0, 0.05) is 33.1 Å². The van der Waals surface area contributed by atoms with E-state index in [2.05, 4.69) is 10.4 Å². The molecule has 0 radical (unpaired) electrons. The molecule has 57 heavy (non-hydrogen) atoms. The molecule has 0 spiro atoms. The van der Waals surface area contributed by atoms with E-state index in [1.165, 1.54) is 0 Å². The van der Waals surface area contributed by atoms with Gasteiger partial charge in [-0.25, -0.2) is 4.98 Å². The highest BCUT2D eigenvalue weighted by Crippen LogP contribution is 2.65. The number of imide groups is 2. The number of hydrogen-bond donors (Lipinski definition) is 2. The molecule has 4 aliphatic rings. The molecule has 4 amide bonds. The van der Waals surface area contributed by atoms with Crippen molar-refractivity contribution in [3.63, 3.8) is 0 Å². The summed E-state index contributed by atoms with van der Waals surface area (Å²) in [7, 11) is 0. The normalized spacial score (nSPS) is 25.7. The lowest BCUT2D eigenvalue weighted by Gasteiger charge is -2.50. The van der Waals surface area contributed by atoms with Gasteiger partial charge in [0.2, 0.25) is 11.8 Å². The highest BCUT2D eigenvalue weighted by atomic mass is 35.5. The number of allylic oxidation sites excluding steroid dienone is 2. The molecule has 3 heterocycles. The second-order valence-corrected chi connectivity index (χ2v) is 15.9. The molecule has 6 unspecified atom stereocenters. The average Bonchev–Trinajstić information content (AvgIpc) is 3.57. The molecule has 9 nitrogen and oxygen atoms in total. The van der Waals surface area contributed by atoms with Crippen LogP contribution < -0.4 is 10.3 Å². The quantitative estimate of drug-likeness (QED) is 0.134. The van der Waals surface area contributed by atoms with Crippen LogP contribution in [0, 0.1) is 23.7 Å². The number of amides is 4. The average molecular weight is 832 g/mol. The van der Waals surface area contributed by atoms with Crippen molar-refractivity contribution in [3.05, 3.63) is 141 Å². The summed E-state index contributed by atoms with van der Waals surface area (Å²) in [5, 5.41) is 14.3. The predicted octanol–water partition coefficient (Wildman–Crippen LogP) is 9.11. The number of carbonyl (C=O) groups is 4. The second-order valence-electron chi connectivity index (χ2n) is 14.6. The van der Waals surface area contributed by atoms with Gasteiger partial charge < -0.3 is 5.11 Å². The van der Waals surface area contributed by atoms with Crippen molar-refractivity contribution in [2.45, 2.75) is 30.4 Å². The lowest BCUT2D eigenvalue weighted by Crippen LogP contribution is -2.53. The number of aromatic hydroxyl groups is 1. The summed E-state index contributed by atoms with van der Waals surface area (Å²) in [6.45, 7) is 0. The molecule has 6 atom stereocenters. The molecule has 9 rings (SSSR count). The summed E-state index contributed by atoms with van der Waals surface area (Å²) >= 11 is 18.8. The molecule has 2 N–H and O–H groups in total. The summed E-state index contributed by atoms with van der Waals surface area (Å²) < 4.78 is 40.6. The maximum Gasteiger partial charge on any atom is 0.417 e. The molecule has 1 aromatic heterocycles. The highest BCUT2D eigenvalue weighted by Gasteiger charge is 2.70. The Hall–Kier alpha value is -5.43. The summed E-state index contributed by atoms with van der Waals surface area (Å²) in [5.41, 5.74) is 1.25. The van der Waals surface area contributed by atoms with E-state index >= 15 is 4.79 Å². The SMILES string of the molecule is O=C1C2CC3C(=CCC4C(=O)N(c5ccc(Cl)cc5)C(=O)C43)C(c3ccc4ccccc4c3O)C2(c2ccc(Cl)cc2)C(=O)N1Nc1ncc(C(F)(F)F)cc1Cl. The minimum absolute atomic E-state index is 0.0785. The van der Waals surface area contributed by atoms with Gasteiger partial charge in [-0.2, -0.15) is 18.2 Å². The third-order valence-electron chi connectivity index (χ3n) is 11.9. The number of phenols is 1. The van der Waals surface area contributed by atoms with E-state index in [4.69, 9.17) is 34.8 Å². The van der Waals surface area contributed by atoms with E-state index in [0.29, 0.717) is 60.5 Å². The molecule has 5 aromatic rings. The maximum absolute atomic E-state index is 15.5. The summed E-state index contributed by atoms with van der Waals surface area (Å²) in [5.74, 6) is -7.81. The van der Waals surface area contributed by atoms with Crippen LogP contribution >= 0.6 is 34.8 Å². The van der Waals surface area contributed by atoms with Crippen LogP contribution in [0.5, 0.6) is 5.75 Å². The Morgan fingerprint density at radius 2 is 1.51 bits per heavy atom. The van der Waals surface area contributed by atoms with Crippen LogP contribution in [0.25, 0.3) is 10.8 Å². The lowest BCUT2D eigenvalue weighted by atomic mass is 9.49. The van der Waals surface area contributed by atoms with E-state index in [1.54, 1.807) is 72.8 Å². The number of carbonyl (C=O) groups excluding carboxylic acids is 4. The third-order valence-corrected chi connectivity index (χ3v) is 12.7. The summed E-state index contributed by atoms with van der Waals surface area (Å²) in [6.07, 6.45) is -2.33. The van der Waals surface area contributed by atoms with Gasteiger partial charge in [-0.3, -0.25) is 29.5 Å². The van der Waals surface area contributed by atoms with Crippen molar-refractivity contribution in [2.75, 3.05) is 10.3 Å². The summed E-state index contributed by atoms with van der Waals surface area (Å²) in [6, 6.07) is 23.9. The Kier molecular flexibility index (Phi) is 8.69. The van der Waals surface area contributed by atoms with E-state index in [1.807, 2.05) is 18.2 Å². The van der Waals surface area contributed by atoms with Crippen LogP contribution in [0.2, 0.25) is 15.1 Å². The van der Waals surface area contributed by atoms with Crippen LogP contribution in [0.1, 0.15) is 35.4 Å². The molecule has 2 saturated heterocycles. The van der Waals surface area contributed by atoms with Crippen molar-refractivity contribution in [1.29, 1.82) is 0 Å². The number of rotatable bonds is 5. The van der Waals surface area contributed by atoms with Gasteiger partial charge in [0.05, 0.1) is 39.4 Å². The van der Waals surface area contributed by atoms with Crippen molar-refractivity contribution < 1.29 is 37.5 Å². The first kappa shape index (κ1) is 37.2. The third kappa shape index (κ3) is 5.55.